The zero-order valence-corrected chi connectivity index (χ0v) is 11.7. The molecule has 1 aromatic rings. The molecule has 1 saturated carbocycles. The Hall–Kier alpha value is -1.93. The Labute approximate surface area is 119 Å². The van der Waals surface area contributed by atoms with Gasteiger partial charge >= 0.3 is 5.97 Å². The standard InChI is InChI=1S/C15H19N3O2/c1-20-15(19)11-18(13-6-2-3-7-13)10-12-5-4-8-17-14(12)9-16/h4-5,8,13H,2-3,6-7,10-11H2,1H3. The summed E-state index contributed by atoms with van der Waals surface area (Å²) in [4.78, 5) is 17.8. The van der Waals surface area contributed by atoms with E-state index in [1.165, 1.54) is 20.0 Å². The van der Waals surface area contributed by atoms with Crippen LogP contribution in [0.25, 0.3) is 0 Å². The van der Waals surface area contributed by atoms with Crippen molar-refractivity contribution in [3.05, 3.63) is 29.6 Å². The smallest absolute Gasteiger partial charge is 0.319 e. The zero-order valence-electron chi connectivity index (χ0n) is 11.7. The van der Waals surface area contributed by atoms with Crippen molar-refractivity contribution in [2.75, 3.05) is 13.7 Å². The molecule has 0 radical (unpaired) electrons. The number of nitriles is 1. The van der Waals surface area contributed by atoms with E-state index in [0.717, 1.165) is 18.4 Å². The van der Waals surface area contributed by atoms with E-state index in [0.29, 0.717) is 18.3 Å². The van der Waals surface area contributed by atoms with Crippen LogP contribution in [0.3, 0.4) is 0 Å². The van der Waals surface area contributed by atoms with Crippen molar-refractivity contribution in [1.29, 1.82) is 5.26 Å². The number of carbonyl (C=O) groups is 1. The van der Waals surface area contributed by atoms with Crippen molar-refractivity contribution >= 4 is 5.97 Å². The predicted molar refractivity (Wildman–Crippen MR) is 73.6 cm³/mol. The SMILES string of the molecule is COC(=O)CN(Cc1cccnc1C#N)C1CCCC1. The summed E-state index contributed by atoms with van der Waals surface area (Å²) in [6.07, 6.45) is 6.20. The molecular weight excluding hydrogens is 254 g/mol. The van der Waals surface area contributed by atoms with Gasteiger partial charge in [-0.05, 0) is 18.9 Å². The number of ether oxygens (including phenoxy) is 1. The van der Waals surface area contributed by atoms with Crippen LogP contribution in [0.1, 0.15) is 36.9 Å². The third-order valence-corrected chi connectivity index (χ3v) is 3.77. The van der Waals surface area contributed by atoms with E-state index >= 15 is 0 Å². The van der Waals surface area contributed by atoms with E-state index in [4.69, 9.17) is 10.00 Å². The van der Waals surface area contributed by atoms with Gasteiger partial charge in [0, 0.05) is 24.3 Å². The summed E-state index contributed by atoms with van der Waals surface area (Å²) in [6.45, 7) is 0.831. The fourth-order valence-corrected chi connectivity index (χ4v) is 2.70. The number of aromatic nitrogens is 1. The number of hydrogen-bond donors (Lipinski definition) is 0. The maximum Gasteiger partial charge on any atom is 0.319 e. The molecule has 0 saturated heterocycles. The molecule has 20 heavy (non-hydrogen) atoms. The molecule has 0 amide bonds. The van der Waals surface area contributed by atoms with E-state index in [-0.39, 0.29) is 12.5 Å². The lowest BCUT2D eigenvalue weighted by Gasteiger charge is -2.27. The Morgan fingerprint density at radius 2 is 2.30 bits per heavy atom. The van der Waals surface area contributed by atoms with E-state index in [9.17, 15) is 4.79 Å². The van der Waals surface area contributed by atoms with Gasteiger partial charge in [0.05, 0.1) is 13.7 Å². The number of rotatable bonds is 5. The van der Waals surface area contributed by atoms with E-state index in [1.54, 1.807) is 6.20 Å². The van der Waals surface area contributed by atoms with E-state index in [1.807, 2.05) is 12.1 Å². The molecule has 1 aliphatic rings. The molecule has 0 atom stereocenters. The molecule has 0 aromatic carbocycles. The van der Waals surface area contributed by atoms with Crippen molar-refractivity contribution in [1.82, 2.24) is 9.88 Å². The Morgan fingerprint density at radius 1 is 1.55 bits per heavy atom. The third kappa shape index (κ3) is 3.55. The first-order valence-electron chi connectivity index (χ1n) is 6.89. The Bertz CT molecular complexity index is 504. The van der Waals surface area contributed by atoms with Gasteiger partial charge in [-0.1, -0.05) is 18.9 Å². The number of methoxy groups -OCH3 is 1. The minimum atomic E-state index is -0.237. The fourth-order valence-electron chi connectivity index (χ4n) is 2.70. The van der Waals surface area contributed by atoms with Gasteiger partial charge in [-0.2, -0.15) is 5.26 Å². The highest BCUT2D eigenvalue weighted by atomic mass is 16.5. The highest BCUT2D eigenvalue weighted by Gasteiger charge is 2.25. The lowest BCUT2D eigenvalue weighted by Crippen LogP contribution is -2.37. The third-order valence-electron chi connectivity index (χ3n) is 3.77. The summed E-state index contributed by atoms with van der Waals surface area (Å²) in [7, 11) is 1.40. The van der Waals surface area contributed by atoms with Crippen molar-refractivity contribution in [3.8, 4) is 6.07 Å². The first kappa shape index (κ1) is 14.5. The van der Waals surface area contributed by atoms with E-state index in [2.05, 4.69) is 16.0 Å². The maximum atomic E-state index is 11.6. The van der Waals surface area contributed by atoms with Crippen LogP contribution in [-0.4, -0.2) is 35.5 Å². The fraction of sp³-hybridized carbons (Fsp3) is 0.533. The topological polar surface area (TPSA) is 66.2 Å². The second-order valence-corrected chi connectivity index (χ2v) is 5.04. The Morgan fingerprint density at radius 3 is 2.95 bits per heavy atom. The molecule has 1 heterocycles. The molecule has 106 valence electrons. The lowest BCUT2D eigenvalue weighted by atomic mass is 10.1. The summed E-state index contributed by atoms with van der Waals surface area (Å²) in [5, 5.41) is 9.10. The lowest BCUT2D eigenvalue weighted by molar-refractivity contribution is -0.142. The van der Waals surface area contributed by atoms with Gasteiger partial charge in [0.15, 0.2) is 0 Å². The molecule has 0 bridgehead atoms. The average Bonchev–Trinajstić information content (AvgIpc) is 3.01. The predicted octanol–water partition coefficient (Wildman–Crippen LogP) is 1.87. The summed E-state index contributed by atoms with van der Waals surface area (Å²) >= 11 is 0. The molecule has 1 aromatic heterocycles. The van der Waals surface area contributed by atoms with Crippen LogP contribution in [0.4, 0.5) is 0 Å². The van der Waals surface area contributed by atoms with Crippen LogP contribution in [0, 0.1) is 11.3 Å². The van der Waals surface area contributed by atoms with Crippen LogP contribution in [-0.2, 0) is 16.1 Å². The molecule has 5 nitrogen and oxygen atoms in total. The van der Waals surface area contributed by atoms with Crippen molar-refractivity contribution in [2.45, 2.75) is 38.3 Å². The number of carbonyl (C=O) groups excluding carboxylic acids is 1. The highest BCUT2D eigenvalue weighted by molar-refractivity contribution is 5.71. The molecule has 5 heteroatoms. The van der Waals surface area contributed by atoms with Crippen LogP contribution in [0.2, 0.25) is 0 Å². The molecule has 0 unspecified atom stereocenters. The number of pyridine rings is 1. The first-order chi connectivity index (χ1) is 9.74. The van der Waals surface area contributed by atoms with Gasteiger partial charge in [0.25, 0.3) is 0 Å². The zero-order chi connectivity index (χ0) is 14.4. The van der Waals surface area contributed by atoms with Gasteiger partial charge in [-0.15, -0.1) is 0 Å². The van der Waals surface area contributed by atoms with Crippen LogP contribution >= 0.6 is 0 Å². The molecule has 1 aliphatic carbocycles. The number of esters is 1. The number of hydrogen-bond acceptors (Lipinski definition) is 5. The summed E-state index contributed by atoms with van der Waals surface area (Å²) in [5.41, 5.74) is 1.30. The number of nitrogens with zero attached hydrogens (tertiary/aromatic N) is 3. The van der Waals surface area contributed by atoms with Gasteiger partial charge in [-0.25, -0.2) is 4.98 Å². The van der Waals surface area contributed by atoms with Crippen LogP contribution < -0.4 is 0 Å². The Kier molecular flexibility index (Phi) is 5.08. The molecule has 2 rings (SSSR count). The maximum absolute atomic E-state index is 11.6. The second-order valence-electron chi connectivity index (χ2n) is 5.04. The van der Waals surface area contributed by atoms with Crippen LogP contribution in [0.5, 0.6) is 0 Å². The molecule has 1 fully saturated rings. The molecular formula is C15H19N3O2. The summed E-state index contributed by atoms with van der Waals surface area (Å²) < 4.78 is 4.77. The normalized spacial score (nSPS) is 15.2. The summed E-state index contributed by atoms with van der Waals surface area (Å²) in [6, 6.07) is 6.21. The highest BCUT2D eigenvalue weighted by Crippen LogP contribution is 2.25. The van der Waals surface area contributed by atoms with Gasteiger partial charge in [-0.3, -0.25) is 9.69 Å². The van der Waals surface area contributed by atoms with E-state index < -0.39 is 0 Å². The first-order valence-corrected chi connectivity index (χ1v) is 6.89. The average molecular weight is 273 g/mol. The van der Waals surface area contributed by atoms with Crippen LogP contribution in [0.15, 0.2) is 18.3 Å². The molecule has 0 aliphatic heterocycles. The molecule has 0 spiro atoms. The van der Waals surface area contributed by atoms with Crippen molar-refractivity contribution in [3.63, 3.8) is 0 Å². The van der Waals surface area contributed by atoms with Gasteiger partial charge in [0.2, 0.25) is 0 Å². The monoisotopic (exact) mass is 273 g/mol. The minimum Gasteiger partial charge on any atom is -0.468 e. The quantitative estimate of drug-likeness (QED) is 0.766. The molecule has 0 N–H and O–H groups in total. The largest absolute Gasteiger partial charge is 0.468 e. The van der Waals surface area contributed by atoms with Gasteiger partial charge in [0.1, 0.15) is 11.8 Å². The minimum absolute atomic E-state index is 0.237. The second kappa shape index (κ2) is 7.01. The summed E-state index contributed by atoms with van der Waals surface area (Å²) in [5.74, 6) is -0.237. The van der Waals surface area contributed by atoms with Gasteiger partial charge < -0.3 is 4.74 Å². The van der Waals surface area contributed by atoms with Crippen molar-refractivity contribution in [2.24, 2.45) is 0 Å². The Balaban J connectivity index is 2.14. The van der Waals surface area contributed by atoms with Crippen molar-refractivity contribution < 1.29 is 9.53 Å².